The highest BCUT2D eigenvalue weighted by atomic mass is 32.2. The second-order valence-corrected chi connectivity index (χ2v) is 5.82. The molecule has 0 radical (unpaired) electrons. The third kappa shape index (κ3) is 4.30. The Balaban J connectivity index is 1.85. The van der Waals surface area contributed by atoms with E-state index >= 15 is 0 Å². The highest BCUT2D eigenvalue weighted by Crippen LogP contribution is 2.18. The van der Waals surface area contributed by atoms with E-state index in [-0.39, 0.29) is 0 Å². The van der Waals surface area contributed by atoms with E-state index in [9.17, 15) is 0 Å². The summed E-state index contributed by atoms with van der Waals surface area (Å²) in [6.07, 6.45) is 2.67. The summed E-state index contributed by atoms with van der Waals surface area (Å²) in [6.45, 7) is 4.10. The van der Waals surface area contributed by atoms with Crippen molar-refractivity contribution in [2.75, 3.05) is 24.7 Å². The first-order valence-electron chi connectivity index (χ1n) is 6.87. The summed E-state index contributed by atoms with van der Waals surface area (Å²) in [6, 6.07) is 11.2. The molecule has 1 N–H and O–H groups in total. The van der Waals surface area contributed by atoms with E-state index in [1.54, 1.807) is 0 Å². The molecule has 1 fully saturated rings. The molecule has 1 saturated heterocycles. The molecule has 1 aromatic carbocycles. The largest absolute Gasteiger partial charge is 0.375 e. The predicted molar refractivity (Wildman–Crippen MR) is 79.3 cm³/mol. The van der Waals surface area contributed by atoms with Crippen LogP contribution in [0.25, 0.3) is 0 Å². The summed E-state index contributed by atoms with van der Waals surface area (Å²) in [7, 11) is 0. The Morgan fingerprint density at radius 2 is 2.22 bits per heavy atom. The summed E-state index contributed by atoms with van der Waals surface area (Å²) in [5.41, 5.74) is 1.42. The number of nitrogens with one attached hydrogen (secondary N) is 1. The maximum atomic E-state index is 5.90. The molecular weight excluding hydrogens is 242 g/mol. The van der Waals surface area contributed by atoms with Crippen molar-refractivity contribution in [1.82, 2.24) is 5.32 Å². The van der Waals surface area contributed by atoms with Gasteiger partial charge in [0.15, 0.2) is 0 Å². The Bertz CT molecular complexity index is 325. The van der Waals surface area contributed by atoms with E-state index in [1.807, 2.05) is 11.8 Å². The highest BCUT2D eigenvalue weighted by molar-refractivity contribution is 7.99. The first-order valence-corrected chi connectivity index (χ1v) is 8.02. The molecule has 1 aliphatic heterocycles. The van der Waals surface area contributed by atoms with Gasteiger partial charge in [-0.25, -0.2) is 0 Å². The zero-order chi connectivity index (χ0) is 12.6. The lowest BCUT2D eigenvalue weighted by atomic mass is 10.0. The fraction of sp³-hybridized carbons (Fsp3) is 0.600. The van der Waals surface area contributed by atoms with Crippen molar-refractivity contribution < 1.29 is 4.74 Å². The van der Waals surface area contributed by atoms with Gasteiger partial charge >= 0.3 is 0 Å². The first kappa shape index (κ1) is 13.9. The fourth-order valence-electron chi connectivity index (χ4n) is 2.39. The van der Waals surface area contributed by atoms with Gasteiger partial charge < -0.3 is 10.1 Å². The molecule has 1 aliphatic rings. The summed E-state index contributed by atoms with van der Waals surface area (Å²) in [5, 5.41) is 3.58. The van der Waals surface area contributed by atoms with E-state index < -0.39 is 0 Å². The topological polar surface area (TPSA) is 21.3 Å². The standard InChI is InChI=1S/C15H23NOS/c1-2-16-14(15-12-18-11-10-17-15)9-8-13-6-4-3-5-7-13/h3-7,14-16H,2,8-12H2,1H3. The van der Waals surface area contributed by atoms with Crippen LogP contribution in [-0.4, -0.2) is 36.8 Å². The molecule has 1 aromatic rings. The maximum absolute atomic E-state index is 5.90. The first-order chi connectivity index (χ1) is 8.90. The Hall–Kier alpha value is -0.510. The van der Waals surface area contributed by atoms with Crippen LogP contribution in [0.1, 0.15) is 18.9 Å². The number of benzene rings is 1. The zero-order valence-corrected chi connectivity index (χ0v) is 11.9. The minimum absolute atomic E-state index is 0.382. The number of likely N-dealkylation sites (N-methyl/N-ethyl adjacent to an activating group) is 1. The molecule has 0 saturated carbocycles. The molecule has 2 rings (SSSR count). The highest BCUT2D eigenvalue weighted by Gasteiger charge is 2.23. The summed E-state index contributed by atoms with van der Waals surface area (Å²) in [5.74, 6) is 2.28. The van der Waals surface area contributed by atoms with Crippen molar-refractivity contribution in [2.45, 2.75) is 31.9 Å². The van der Waals surface area contributed by atoms with Gasteiger partial charge in [-0.1, -0.05) is 37.3 Å². The van der Waals surface area contributed by atoms with Gasteiger partial charge in [0.05, 0.1) is 12.7 Å². The third-order valence-corrected chi connectivity index (χ3v) is 4.36. The van der Waals surface area contributed by atoms with E-state index in [1.165, 1.54) is 5.56 Å². The van der Waals surface area contributed by atoms with E-state index in [2.05, 4.69) is 42.6 Å². The van der Waals surface area contributed by atoms with Gasteiger partial charge in [0.1, 0.15) is 0 Å². The molecule has 0 spiro atoms. The molecule has 0 bridgehead atoms. The molecule has 2 atom stereocenters. The monoisotopic (exact) mass is 265 g/mol. The van der Waals surface area contributed by atoms with Gasteiger partial charge in [-0.05, 0) is 24.9 Å². The van der Waals surface area contributed by atoms with E-state index in [4.69, 9.17) is 4.74 Å². The Morgan fingerprint density at radius 1 is 1.39 bits per heavy atom. The van der Waals surface area contributed by atoms with Gasteiger partial charge in [-0.15, -0.1) is 0 Å². The van der Waals surface area contributed by atoms with Crippen LogP contribution >= 0.6 is 11.8 Å². The zero-order valence-electron chi connectivity index (χ0n) is 11.1. The number of thioether (sulfide) groups is 1. The summed E-state index contributed by atoms with van der Waals surface area (Å²) < 4.78 is 5.90. The second kappa shape index (κ2) is 7.82. The fourth-order valence-corrected chi connectivity index (χ4v) is 3.33. The Kier molecular flexibility index (Phi) is 6.05. The number of hydrogen-bond donors (Lipinski definition) is 1. The maximum Gasteiger partial charge on any atom is 0.0818 e. The van der Waals surface area contributed by atoms with Gasteiger partial charge in [-0.2, -0.15) is 11.8 Å². The number of rotatable bonds is 6. The van der Waals surface area contributed by atoms with Crippen molar-refractivity contribution >= 4 is 11.8 Å². The predicted octanol–water partition coefficient (Wildman–Crippen LogP) is 2.73. The van der Waals surface area contributed by atoms with Crippen LogP contribution in [0.2, 0.25) is 0 Å². The van der Waals surface area contributed by atoms with Crippen molar-refractivity contribution in [3.8, 4) is 0 Å². The minimum atomic E-state index is 0.382. The van der Waals surface area contributed by atoms with Crippen LogP contribution in [0, 0.1) is 0 Å². The molecule has 2 unspecified atom stereocenters. The molecular formula is C15H23NOS. The smallest absolute Gasteiger partial charge is 0.0818 e. The normalized spacial score (nSPS) is 21.7. The van der Waals surface area contributed by atoms with Crippen LogP contribution in [0.5, 0.6) is 0 Å². The molecule has 3 heteroatoms. The van der Waals surface area contributed by atoms with Gasteiger partial charge in [0, 0.05) is 17.5 Å². The van der Waals surface area contributed by atoms with E-state index in [0.717, 1.165) is 37.5 Å². The van der Waals surface area contributed by atoms with Crippen LogP contribution < -0.4 is 5.32 Å². The molecule has 0 amide bonds. The molecule has 18 heavy (non-hydrogen) atoms. The molecule has 0 aromatic heterocycles. The van der Waals surface area contributed by atoms with Gasteiger partial charge in [0.25, 0.3) is 0 Å². The van der Waals surface area contributed by atoms with Crippen molar-refractivity contribution in [3.05, 3.63) is 35.9 Å². The molecule has 100 valence electrons. The average Bonchev–Trinajstić information content (AvgIpc) is 2.45. The Morgan fingerprint density at radius 3 is 2.89 bits per heavy atom. The van der Waals surface area contributed by atoms with Gasteiger partial charge in [0.2, 0.25) is 0 Å². The second-order valence-electron chi connectivity index (χ2n) is 4.67. The lowest BCUT2D eigenvalue weighted by Crippen LogP contribution is -2.45. The molecule has 1 heterocycles. The SMILES string of the molecule is CCNC(CCc1ccccc1)C1CSCCO1. The minimum Gasteiger partial charge on any atom is -0.375 e. The Labute approximate surface area is 114 Å². The third-order valence-electron chi connectivity index (χ3n) is 3.34. The lowest BCUT2D eigenvalue weighted by Gasteiger charge is -2.30. The van der Waals surface area contributed by atoms with Crippen LogP contribution in [0.3, 0.4) is 0 Å². The van der Waals surface area contributed by atoms with Crippen molar-refractivity contribution in [2.24, 2.45) is 0 Å². The van der Waals surface area contributed by atoms with Gasteiger partial charge in [-0.3, -0.25) is 0 Å². The number of aryl methyl sites for hydroxylation is 1. The molecule has 0 aliphatic carbocycles. The summed E-state index contributed by atoms with van der Waals surface area (Å²) >= 11 is 2.01. The lowest BCUT2D eigenvalue weighted by molar-refractivity contribution is 0.0453. The average molecular weight is 265 g/mol. The molecule has 2 nitrogen and oxygen atoms in total. The quantitative estimate of drug-likeness (QED) is 0.854. The van der Waals surface area contributed by atoms with E-state index in [0.29, 0.717) is 12.1 Å². The van der Waals surface area contributed by atoms with Crippen LogP contribution in [-0.2, 0) is 11.2 Å². The number of hydrogen-bond acceptors (Lipinski definition) is 3. The van der Waals surface area contributed by atoms with Crippen molar-refractivity contribution in [1.29, 1.82) is 0 Å². The van der Waals surface area contributed by atoms with Crippen LogP contribution in [0.15, 0.2) is 30.3 Å². The van der Waals surface area contributed by atoms with Crippen molar-refractivity contribution in [3.63, 3.8) is 0 Å². The summed E-state index contributed by atoms with van der Waals surface area (Å²) in [4.78, 5) is 0. The van der Waals surface area contributed by atoms with Crippen LogP contribution in [0.4, 0.5) is 0 Å². The number of ether oxygens (including phenoxy) is 1.